The third-order valence-corrected chi connectivity index (χ3v) is 8.39. The Morgan fingerprint density at radius 3 is 0.925 bits per heavy atom. The minimum absolute atomic E-state index is 0.304. The molecule has 0 fully saturated rings. The van der Waals surface area contributed by atoms with E-state index in [0.29, 0.717) is 6.61 Å². The molecule has 0 aliphatic heterocycles. The van der Waals surface area contributed by atoms with E-state index in [1.54, 1.807) is 0 Å². The van der Waals surface area contributed by atoms with E-state index >= 15 is 0 Å². The van der Waals surface area contributed by atoms with Crippen LogP contribution in [0.15, 0.2) is 24.3 Å². The summed E-state index contributed by atoms with van der Waals surface area (Å²) < 4.78 is 0. The van der Waals surface area contributed by atoms with Gasteiger partial charge in [-0.15, -0.1) is 0 Å². The van der Waals surface area contributed by atoms with Crippen molar-refractivity contribution in [3.8, 4) is 0 Å². The summed E-state index contributed by atoms with van der Waals surface area (Å²) in [5, 5.41) is 9.45. The molecule has 0 aliphatic carbocycles. The van der Waals surface area contributed by atoms with Crippen LogP contribution < -0.4 is 0 Å². The zero-order chi connectivity index (χ0) is 29.0. The van der Waals surface area contributed by atoms with Crippen molar-refractivity contribution in [2.75, 3.05) is 26.2 Å². The summed E-state index contributed by atoms with van der Waals surface area (Å²) in [6.45, 7) is 8.09. The molecular weight excluding hydrogens is 486 g/mol. The standard InChI is InChI=1S/C38H75NO/c1-3-5-7-9-11-13-15-17-19-21-23-25-27-29-31-33-35-39(37-38-40)36-34-32-30-28-26-24-22-20-18-16-14-12-10-8-6-4-2/h17-20,40H,3-16,21-38H2,1-2H3/b19-17+,20-18+. The number of aliphatic hydroxyl groups is 1. The molecule has 0 heterocycles. The molecule has 0 aromatic rings. The SMILES string of the molecule is CCCCCCCC/C=C/CCCCCCCCN(CCO)CCCCCCCC/C=C/CCCCCCCC. The average molecular weight is 562 g/mol. The zero-order valence-electron chi connectivity index (χ0n) is 27.8. The first-order valence-corrected chi connectivity index (χ1v) is 18.5. The molecular formula is C38H75NO. The largest absolute Gasteiger partial charge is 0.395 e. The van der Waals surface area contributed by atoms with E-state index < -0.39 is 0 Å². The highest BCUT2D eigenvalue weighted by molar-refractivity contribution is 4.82. The molecule has 0 atom stereocenters. The maximum atomic E-state index is 9.45. The summed E-state index contributed by atoms with van der Waals surface area (Å²) >= 11 is 0. The fourth-order valence-corrected chi connectivity index (χ4v) is 5.64. The molecule has 1 N–H and O–H groups in total. The van der Waals surface area contributed by atoms with Gasteiger partial charge in [-0.2, -0.15) is 0 Å². The summed E-state index contributed by atoms with van der Waals surface area (Å²) in [7, 11) is 0. The van der Waals surface area contributed by atoms with Gasteiger partial charge in [0.05, 0.1) is 6.61 Å². The van der Waals surface area contributed by atoms with Crippen molar-refractivity contribution in [3.63, 3.8) is 0 Å². The normalized spacial score (nSPS) is 12.1. The number of aliphatic hydroxyl groups excluding tert-OH is 1. The van der Waals surface area contributed by atoms with Gasteiger partial charge in [-0.3, -0.25) is 0 Å². The number of nitrogens with zero attached hydrogens (tertiary/aromatic N) is 1. The van der Waals surface area contributed by atoms with Gasteiger partial charge in [0.25, 0.3) is 0 Å². The van der Waals surface area contributed by atoms with E-state index in [2.05, 4.69) is 43.1 Å². The van der Waals surface area contributed by atoms with Crippen molar-refractivity contribution < 1.29 is 5.11 Å². The van der Waals surface area contributed by atoms with Gasteiger partial charge in [-0.25, -0.2) is 0 Å². The van der Waals surface area contributed by atoms with Gasteiger partial charge in [0, 0.05) is 6.54 Å². The molecule has 238 valence electrons. The second-order valence-electron chi connectivity index (χ2n) is 12.4. The van der Waals surface area contributed by atoms with E-state index in [1.165, 1.54) is 193 Å². The molecule has 0 bridgehead atoms. The van der Waals surface area contributed by atoms with Gasteiger partial charge in [0.1, 0.15) is 0 Å². The van der Waals surface area contributed by atoms with Crippen molar-refractivity contribution in [3.05, 3.63) is 24.3 Å². The number of unbranched alkanes of at least 4 members (excludes halogenated alkanes) is 24. The van der Waals surface area contributed by atoms with Gasteiger partial charge in [-0.05, 0) is 77.3 Å². The summed E-state index contributed by atoms with van der Waals surface area (Å²) in [4.78, 5) is 2.50. The lowest BCUT2D eigenvalue weighted by atomic mass is 10.1. The van der Waals surface area contributed by atoms with E-state index in [4.69, 9.17) is 0 Å². The lowest BCUT2D eigenvalue weighted by Gasteiger charge is -2.21. The maximum Gasteiger partial charge on any atom is 0.0558 e. The van der Waals surface area contributed by atoms with Crippen molar-refractivity contribution in [1.82, 2.24) is 4.90 Å². The first kappa shape index (κ1) is 39.4. The fraction of sp³-hybridized carbons (Fsp3) is 0.895. The first-order valence-electron chi connectivity index (χ1n) is 18.5. The van der Waals surface area contributed by atoms with Gasteiger partial charge in [-0.1, -0.05) is 154 Å². The molecule has 0 amide bonds. The van der Waals surface area contributed by atoms with Crippen LogP contribution in [0.5, 0.6) is 0 Å². The minimum atomic E-state index is 0.304. The third-order valence-electron chi connectivity index (χ3n) is 8.39. The fourth-order valence-electron chi connectivity index (χ4n) is 5.64. The molecule has 0 spiro atoms. The quantitative estimate of drug-likeness (QED) is 0.0623. The molecule has 0 unspecified atom stereocenters. The van der Waals surface area contributed by atoms with Crippen molar-refractivity contribution >= 4 is 0 Å². The molecule has 0 aromatic carbocycles. The third kappa shape index (κ3) is 33.6. The molecule has 0 aliphatic rings. The molecule has 2 nitrogen and oxygen atoms in total. The van der Waals surface area contributed by atoms with Gasteiger partial charge >= 0.3 is 0 Å². The maximum absolute atomic E-state index is 9.45. The molecule has 40 heavy (non-hydrogen) atoms. The van der Waals surface area contributed by atoms with Gasteiger partial charge in [0.15, 0.2) is 0 Å². The topological polar surface area (TPSA) is 23.5 Å². The zero-order valence-corrected chi connectivity index (χ0v) is 27.8. The van der Waals surface area contributed by atoms with Crippen molar-refractivity contribution in [2.24, 2.45) is 0 Å². The molecule has 0 rings (SSSR count). The van der Waals surface area contributed by atoms with Crippen molar-refractivity contribution in [1.29, 1.82) is 0 Å². The van der Waals surface area contributed by atoms with Crippen LogP contribution in [0.3, 0.4) is 0 Å². The predicted octanol–water partition coefficient (Wildman–Crippen LogP) is 12.4. The van der Waals surface area contributed by atoms with Crippen molar-refractivity contribution in [2.45, 2.75) is 194 Å². The lowest BCUT2D eigenvalue weighted by molar-refractivity contribution is 0.190. The Bertz CT molecular complexity index is 458. The molecule has 2 heteroatoms. The Balaban J connectivity index is 3.44. The highest BCUT2D eigenvalue weighted by Gasteiger charge is 2.04. The number of allylic oxidation sites excluding steroid dienone is 4. The molecule has 0 saturated heterocycles. The van der Waals surface area contributed by atoms with E-state index in [9.17, 15) is 5.11 Å². The second-order valence-corrected chi connectivity index (χ2v) is 12.4. The summed E-state index contributed by atoms with van der Waals surface area (Å²) in [6, 6.07) is 0. The highest BCUT2D eigenvalue weighted by atomic mass is 16.3. The van der Waals surface area contributed by atoms with Crippen LogP contribution in [0, 0.1) is 0 Å². The summed E-state index contributed by atoms with van der Waals surface area (Å²) in [5.41, 5.74) is 0. The van der Waals surface area contributed by atoms with E-state index in [0.717, 1.165) is 6.54 Å². The van der Waals surface area contributed by atoms with Gasteiger partial charge in [0.2, 0.25) is 0 Å². The van der Waals surface area contributed by atoms with Crippen LogP contribution >= 0.6 is 0 Å². The van der Waals surface area contributed by atoms with Crippen LogP contribution in [-0.2, 0) is 0 Å². The van der Waals surface area contributed by atoms with Crippen LogP contribution in [0.25, 0.3) is 0 Å². The predicted molar refractivity (Wildman–Crippen MR) is 182 cm³/mol. The monoisotopic (exact) mass is 562 g/mol. The van der Waals surface area contributed by atoms with E-state index in [1.807, 2.05) is 0 Å². The number of hydrogen-bond acceptors (Lipinski definition) is 2. The Morgan fingerprint density at radius 2 is 0.625 bits per heavy atom. The van der Waals surface area contributed by atoms with Crippen LogP contribution in [-0.4, -0.2) is 36.2 Å². The number of rotatable bonds is 34. The van der Waals surface area contributed by atoms with Crippen LogP contribution in [0.1, 0.15) is 194 Å². The Hall–Kier alpha value is -0.600. The van der Waals surface area contributed by atoms with Crippen LogP contribution in [0.4, 0.5) is 0 Å². The minimum Gasteiger partial charge on any atom is -0.395 e. The number of hydrogen-bond donors (Lipinski definition) is 1. The molecule has 0 saturated carbocycles. The Morgan fingerprint density at radius 1 is 0.350 bits per heavy atom. The van der Waals surface area contributed by atoms with Crippen LogP contribution in [0.2, 0.25) is 0 Å². The van der Waals surface area contributed by atoms with E-state index in [-0.39, 0.29) is 0 Å². The Kier molecular flexibility index (Phi) is 35.9. The summed E-state index contributed by atoms with van der Waals surface area (Å²) in [6.07, 6.45) is 48.0. The molecule has 0 radical (unpaired) electrons. The van der Waals surface area contributed by atoms with Gasteiger partial charge < -0.3 is 10.0 Å². The highest BCUT2D eigenvalue weighted by Crippen LogP contribution is 2.12. The molecule has 0 aromatic heterocycles. The lowest BCUT2D eigenvalue weighted by Crippen LogP contribution is -2.29. The average Bonchev–Trinajstić information content (AvgIpc) is 2.96. The first-order chi connectivity index (χ1) is 19.8. The summed E-state index contributed by atoms with van der Waals surface area (Å²) in [5.74, 6) is 0. The smallest absolute Gasteiger partial charge is 0.0558 e. The second kappa shape index (κ2) is 36.4. The Labute approximate surface area is 253 Å².